The minimum absolute atomic E-state index is 0.0316. The Labute approximate surface area is 111 Å². The van der Waals surface area contributed by atoms with Gasteiger partial charge in [0.15, 0.2) is 11.5 Å². The van der Waals surface area contributed by atoms with E-state index in [2.05, 4.69) is 10.3 Å². The molecular weight excluding hydrogens is 240 g/mol. The molecule has 19 heavy (non-hydrogen) atoms. The van der Waals surface area contributed by atoms with Crippen LogP contribution < -0.4 is 5.32 Å². The molecule has 1 atom stereocenters. The standard InChI is InChI=1S/C15H16N2O2/c1-9-2-3-12(17-8-9)15-11-7-14(19)13(18)6-10(11)4-5-16-15/h2-3,6-8,15-16,18-19H,4-5H2,1H3. The zero-order valence-corrected chi connectivity index (χ0v) is 10.7. The number of nitrogens with one attached hydrogen (secondary N) is 1. The van der Waals surface area contributed by atoms with Gasteiger partial charge in [-0.2, -0.15) is 0 Å². The van der Waals surface area contributed by atoms with Gasteiger partial charge in [0.1, 0.15) is 0 Å². The molecule has 3 N–H and O–H groups in total. The summed E-state index contributed by atoms with van der Waals surface area (Å²) in [4.78, 5) is 4.45. The van der Waals surface area contributed by atoms with Crippen molar-refractivity contribution >= 4 is 0 Å². The zero-order valence-electron chi connectivity index (χ0n) is 10.7. The average molecular weight is 256 g/mol. The van der Waals surface area contributed by atoms with Crippen LogP contribution in [0, 0.1) is 6.92 Å². The third-order valence-electron chi connectivity index (χ3n) is 3.52. The lowest BCUT2D eigenvalue weighted by atomic mass is 9.91. The molecule has 0 radical (unpaired) electrons. The predicted molar refractivity (Wildman–Crippen MR) is 72.3 cm³/mol. The molecule has 4 heteroatoms. The van der Waals surface area contributed by atoms with E-state index in [1.165, 1.54) is 0 Å². The summed E-state index contributed by atoms with van der Waals surface area (Å²) in [5.41, 5.74) is 4.09. The fourth-order valence-electron chi connectivity index (χ4n) is 2.50. The maximum Gasteiger partial charge on any atom is 0.157 e. The first-order valence-corrected chi connectivity index (χ1v) is 6.36. The van der Waals surface area contributed by atoms with E-state index in [1.807, 2.05) is 25.3 Å². The fourth-order valence-corrected chi connectivity index (χ4v) is 2.50. The summed E-state index contributed by atoms with van der Waals surface area (Å²) in [7, 11) is 0. The second-order valence-electron chi connectivity index (χ2n) is 4.94. The van der Waals surface area contributed by atoms with Crippen molar-refractivity contribution in [2.24, 2.45) is 0 Å². The van der Waals surface area contributed by atoms with Crippen LogP contribution in [-0.4, -0.2) is 21.7 Å². The molecule has 1 aliphatic rings. The first-order valence-electron chi connectivity index (χ1n) is 6.36. The van der Waals surface area contributed by atoms with Gasteiger partial charge in [0, 0.05) is 12.7 Å². The number of hydrogen-bond donors (Lipinski definition) is 3. The quantitative estimate of drug-likeness (QED) is 0.683. The molecule has 0 spiro atoms. The highest BCUT2D eigenvalue weighted by Crippen LogP contribution is 2.35. The van der Waals surface area contributed by atoms with Crippen molar-refractivity contribution in [1.29, 1.82) is 0 Å². The summed E-state index contributed by atoms with van der Waals surface area (Å²) in [6.45, 7) is 2.83. The molecule has 0 amide bonds. The molecule has 4 nitrogen and oxygen atoms in total. The number of nitrogens with zero attached hydrogens (tertiary/aromatic N) is 1. The fraction of sp³-hybridized carbons (Fsp3) is 0.267. The van der Waals surface area contributed by atoms with E-state index in [0.29, 0.717) is 0 Å². The summed E-state index contributed by atoms with van der Waals surface area (Å²) >= 11 is 0. The van der Waals surface area contributed by atoms with Crippen molar-refractivity contribution in [1.82, 2.24) is 10.3 Å². The third kappa shape index (κ3) is 2.15. The molecule has 0 saturated heterocycles. The number of aromatic hydroxyl groups is 2. The van der Waals surface area contributed by atoms with Crippen LogP contribution in [0.3, 0.4) is 0 Å². The van der Waals surface area contributed by atoms with Gasteiger partial charge in [-0.3, -0.25) is 4.98 Å². The summed E-state index contributed by atoms with van der Waals surface area (Å²) in [6.07, 6.45) is 2.68. The molecule has 0 fully saturated rings. The van der Waals surface area contributed by atoms with Crippen molar-refractivity contribution in [3.63, 3.8) is 0 Å². The zero-order chi connectivity index (χ0) is 13.4. The lowest BCUT2D eigenvalue weighted by molar-refractivity contribution is 0.400. The summed E-state index contributed by atoms with van der Waals surface area (Å²) < 4.78 is 0. The van der Waals surface area contributed by atoms with Crippen LogP contribution in [0.15, 0.2) is 30.5 Å². The first kappa shape index (κ1) is 12.0. The largest absolute Gasteiger partial charge is 0.504 e. The molecule has 0 aliphatic carbocycles. The topological polar surface area (TPSA) is 65.4 Å². The lowest BCUT2D eigenvalue weighted by Gasteiger charge is -2.27. The van der Waals surface area contributed by atoms with Gasteiger partial charge in [-0.15, -0.1) is 0 Å². The predicted octanol–water partition coefficient (Wildman–Crippen LogP) is 2.04. The van der Waals surface area contributed by atoms with Crippen LogP contribution in [-0.2, 0) is 6.42 Å². The van der Waals surface area contributed by atoms with Gasteiger partial charge in [-0.05, 0) is 48.2 Å². The van der Waals surface area contributed by atoms with Gasteiger partial charge < -0.3 is 15.5 Å². The Morgan fingerprint density at radius 2 is 2.00 bits per heavy atom. The number of rotatable bonds is 1. The molecule has 1 aromatic carbocycles. The Morgan fingerprint density at radius 3 is 2.74 bits per heavy atom. The Balaban J connectivity index is 2.07. The second-order valence-corrected chi connectivity index (χ2v) is 4.94. The van der Waals surface area contributed by atoms with E-state index in [9.17, 15) is 10.2 Å². The van der Waals surface area contributed by atoms with Gasteiger partial charge >= 0.3 is 0 Å². The Kier molecular flexibility index (Phi) is 2.87. The van der Waals surface area contributed by atoms with Crippen molar-refractivity contribution in [3.05, 3.63) is 52.8 Å². The number of pyridine rings is 1. The van der Waals surface area contributed by atoms with Crippen molar-refractivity contribution in [2.45, 2.75) is 19.4 Å². The molecule has 98 valence electrons. The van der Waals surface area contributed by atoms with E-state index in [4.69, 9.17) is 0 Å². The lowest BCUT2D eigenvalue weighted by Crippen LogP contribution is -2.31. The molecule has 2 aromatic rings. The Bertz CT molecular complexity index is 608. The SMILES string of the molecule is Cc1ccc(C2NCCc3cc(O)c(O)cc32)nc1. The van der Waals surface area contributed by atoms with Gasteiger partial charge in [-0.25, -0.2) is 0 Å². The number of benzene rings is 1. The number of aryl methyl sites for hydroxylation is 1. The van der Waals surface area contributed by atoms with Gasteiger partial charge in [0.25, 0.3) is 0 Å². The number of phenolic OH excluding ortho intramolecular Hbond substituents is 2. The van der Waals surface area contributed by atoms with Crippen LogP contribution in [0.1, 0.15) is 28.4 Å². The number of aromatic nitrogens is 1. The van der Waals surface area contributed by atoms with E-state index >= 15 is 0 Å². The summed E-state index contributed by atoms with van der Waals surface area (Å²) in [5.74, 6) is -0.143. The maximum absolute atomic E-state index is 9.69. The monoisotopic (exact) mass is 256 g/mol. The molecule has 3 rings (SSSR count). The van der Waals surface area contributed by atoms with Crippen LogP contribution in [0.2, 0.25) is 0 Å². The number of fused-ring (bicyclic) bond motifs is 1. The molecule has 0 saturated carbocycles. The van der Waals surface area contributed by atoms with Gasteiger partial charge in [0.2, 0.25) is 0 Å². The minimum atomic E-state index is -0.0837. The average Bonchev–Trinajstić information content (AvgIpc) is 2.41. The smallest absolute Gasteiger partial charge is 0.157 e. The second kappa shape index (κ2) is 4.55. The Hall–Kier alpha value is -2.07. The van der Waals surface area contributed by atoms with E-state index in [-0.39, 0.29) is 17.5 Å². The van der Waals surface area contributed by atoms with Crippen LogP contribution in [0.4, 0.5) is 0 Å². The van der Waals surface area contributed by atoms with Crippen LogP contribution >= 0.6 is 0 Å². The number of hydrogen-bond acceptors (Lipinski definition) is 4. The highest BCUT2D eigenvalue weighted by atomic mass is 16.3. The molecule has 1 aliphatic heterocycles. The highest BCUT2D eigenvalue weighted by molar-refractivity contribution is 5.49. The van der Waals surface area contributed by atoms with Crippen LogP contribution in [0.5, 0.6) is 11.5 Å². The van der Waals surface area contributed by atoms with Crippen molar-refractivity contribution in [3.8, 4) is 11.5 Å². The molecule has 1 unspecified atom stereocenters. The highest BCUT2D eigenvalue weighted by Gasteiger charge is 2.23. The normalized spacial score (nSPS) is 18.1. The maximum atomic E-state index is 9.69. The van der Waals surface area contributed by atoms with Gasteiger partial charge in [-0.1, -0.05) is 6.07 Å². The Morgan fingerprint density at radius 1 is 1.21 bits per heavy atom. The van der Waals surface area contributed by atoms with Crippen LogP contribution in [0.25, 0.3) is 0 Å². The molecule has 0 bridgehead atoms. The third-order valence-corrected chi connectivity index (χ3v) is 3.52. The molecule has 1 aromatic heterocycles. The van der Waals surface area contributed by atoms with Crippen molar-refractivity contribution in [2.75, 3.05) is 6.54 Å². The molecular formula is C15H16N2O2. The van der Waals surface area contributed by atoms with Crippen molar-refractivity contribution < 1.29 is 10.2 Å². The van der Waals surface area contributed by atoms with E-state index in [0.717, 1.165) is 35.3 Å². The summed E-state index contributed by atoms with van der Waals surface area (Å²) in [6, 6.07) is 7.26. The van der Waals surface area contributed by atoms with E-state index in [1.54, 1.807) is 12.1 Å². The molecule has 2 heterocycles. The van der Waals surface area contributed by atoms with E-state index < -0.39 is 0 Å². The number of phenols is 2. The first-order chi connectivity index (χ1) is 9.15. The minimum Gasteiger partial charge on any atom is -0.504 e. The van der Waals surface area contributed by atoms with Gasteiger partial charge in [0.05, 0.1) is 11.7 Å². The summed E-state index contributed by atoms with van der Waals surface area (Å²) in [5, 5.41) is 22.7.